The normalized spacial score (nSPS) is 12.9. The second kappa shape index (κ2) is 10.3. The summed E-state index contributed by atoms with van der Waals surface area (Å²) in [4.78, 5) is 33.5. The molecule has 3 rings (SSSR count). The van der Waals surface area contributed by atoms with E-state index in [9.17, 15) is 24.9 Å². The first-order valence-electron chi connectivity index (χ1n) is 10.2. The Labute approximate surface area is 190 Å². The van der Waals surface area contributed by atoms with E-state index in [-0.39, 0.29) is 11.4 Å². The maximum atomic E-state index is 12.5. The Kier molecular flexibility index (Phi) is 7.44. The van der Waals surface area contributed by atoms with Gasteiger partial charge in [0.2, 0.25) is 0 Å². The van der Waals surface area contributed by atoms with Gasteiger partial charge in [-0.05, 0) is 51.1 Å². The van der Waals surface area contributed by atoms with E-state index in [4.69, 9.17) is 9.57 Å². The van der Waals surface area contributed by atoms with Crippen molar-refractivity contribution in [2.24, 2.45) is 0 Å². The van der Waals surface area contributed by atoms with Crippen LogP contribution in [-0.2, 0) is 9.63 Å². The molecule has 3 aromatic rings. The minimum Gasteiger partial charge on any atom is -0.505 e. The topological polar surface area (TPSA) is 141 Å². The van der Waals surface area contributed by atoms with Gasteiger partial charge in [0.05, 0.1) is 0 Å². The van der Waals surface area contributed by atoms with Gasteiger partial charge in [0.15, 0.2) is 11.4 Å². The molecule has 0 aliphatic carbocycles. The molecule has 0 fully saturated rings. The Morgan fingerprint density at radius 1 is 1.03 bits per heavy atom. The number of benzene rings is 2. The van der Waals surface area contributed by atoms with E-state index in [0.29, 0.717) is 33.0 Å². The summed E-state index contributed by atoms with van der Waals surface area (Å²) in [6.07, 6.45) is -2.51. The number of nitrogens with one attached hydrogen (secondary N) is 1. The van der Waals surface area contributed by atoms with E-state index in [1.807, 2.05) is 30.3 Å². The maximum Gasteiger partial charge on any atom is 0.344 e. The van der Waals surface area contributed by atoms with Gasteiger partial charge in [-0.3, -0.25) is 4.79 Å². The summed E-state index contributed by atoms with van der Waals surface area (Å²) in [5.74, 6) is -0.870. The number of carbonyl (C=O) groups excluding carboxylic acids is 2. The molecular formula is C23H25N3O7. The summed E-state index contributed by atoms with van der Waals surface area (Å²) in [6, 6.07) is 14.2. The molecule has 4 N–H and O–H groups in total. The molecule has 2 atom stereocenters. The van der Waals surface area contributed by atoms with Crippen molar-refractivity contribution in [3.63, 3.8) is 0 Å². The van der Waals surface area contributed by atoms with Gasteiger partial charge < -0.3 is 30.2 Å². The number of pyridine rings is 1. The van der Waals surface area contributed by atoms with E-state index >= 15 is 0 Å². The summed E-state index contributed by atoms with van der Waals surface area (Å²) >= 11 is 0. The van der Waals surface area contributed by atoms with Crippen molar-refractivity contribution in [3.8, 4) is 17.2 Å². The summed E-state index contributed by atoms with van der Waals surface area (Å²) in [5.41, 5.74) is 0.218. The van der Waals surface area contributed by atoms with Crippen LogP contribution in [0.4, 0.5) is 0 Å². The maximum absolute atomic E-state index is 12.5. The molecule has 0 radical (unpaired) electrons. The van der Waals surface area contributed by atoms with Crippen LogP contribution in [0.5, 0.6) is 17.2 Å². The lowest BCUT2D eigenvalue weighted by Gasteiger charge is -2.25. The zero-order chi connectivity index (χ0) is 24.1. The van der Waals surface area contributed by atoms with Crippen LogP contribution in [0.3, 0.4) is 0 Å². The van der Waals surface area contributed by atoms with E-state index < -0.39 is 30.9 Å². The summed E-state index contributed by atoms with van der Waals surface area (Å²) in [6.45, 7) is 3.71. The van der Waals surface area contributed by atoms with Crippen molar-refractivity contribution >= 4 is 22.6 Å². The second-order valence-corrected chi connectivity index (χ2v) is 7.29. The van der Waals surface area contributed by atoms with Crippen LogP contribution in [-0.4, -0.2) is 56.2 Å². The number of carbonyl (C=O) groups is 2. The number of nitrogens with zero attached hydrogens (tertiary/aromatic N) is 2. The quantitative estimate of drug-likeness (QED) is 0.297. The Morgan fingerprint density at radius 2 is 1.70 bits per heavy atom. The number of hydroxylamine groups is 2. The number of aryl methyl sites for hydroxylation is 1. The molecule has 0 aliphatic heterocycles. The molecule has 0 spiro atoms. The molecule has 174 valence electrons. The van der Waals surface area contributed by atoms with Gasteiger partial charge in [-0.1, -0.05) is 23.3 Å². The van der Waals surface area contributed by atoms with Gasteiger partial charge in [-0.15, -0.1) is 0 Å². The van der Waals surface area contributed by atoms with E-state index in [0.717, 1.165) is 0 Å². The van der Waals surface area contributed by atoms with Crippen LogP contribution in [0.15, 0.2) is 48.5 Å². The zero-order valence-corrected chi connectivity index (χ0v) is 18.3. The van der Waals surface area contributed by atoms with Gasteiger partial charge >= 0.3 is 5.97 Å². The first-order chi connectivity index (χ1) is 15.7. The number of aromatic hydroxyl groups is 1. The molecule has 33 heavy (non-hydrogen) atoms. The number of amides is 1. The van der Waals surface area contributed by atoms with E-state index in [2.05, 4.69) is 10.3 Å². The Hall–Kier alpha value is -3.73. The smallest absolute Gasteiger partial charge is 0.344 e. The van der Waals surface area contributed by atoms with Gasteiger partial charge in [0.25, 0.3) is 5.91 Å². The lowest BCUT2D eigenvalue weighted by Crippen LogP contribution is -2.44. The van der Waals surface area contributed by atoms with E-state index in [1.54, 1.807) is 25.1 Å². The Balaban J connectivity index is 1.75. The average molecular weight is 455 g/mol. The molecule has 10 nitrogen and oxygen atoms in total. The highest BCUT2D eigenvalue weighted by Crippen LogP contribution is 2.33. The third-order valence-electron chi connectivity index (χ3n) is 4.67. The highest BCUT2D eigenvalue weighted by molar-refractivity contribution is 6.03. The number of ether oxygens (including phenoxy) is 1. The lowest BCUT2D eigenvalue weighted by atomic mass is 10.1. The third kappa shape index (κ3) is 5.75. The number of rotatable bonds is 8. The molecule has 2 unspecified atom stereocenters. The zero-order valence-electron chi connectivity index (χ0n) is 18.3. The van der Waals surface area contributed by atoms with Crippen LogP contribution >= 0.6 is 0 Å². The largest absolute Gasteiger partial charge is 0.505 e. The van der Waals surface area contributed by atoms with Crippen molar-refractivity contribution in [2.75, 3.05) is 6.54 Å². The number of aliphatic hydroxyl groups excluding tert-OH is 2. The van der Waals surface area contributed by atoms with Crippen molar-refractivity contribution in [1.82, 2.24) is 15.4 Å². The Morgan fingerprint density at radius 3 is 2.33 bits per heavy atom. The van der Waals surface area contributed by atoms with Crippen LogP contribution in [0, 0.1) is 6.92 Å². The molecule has 10 heteroatoms. The number of hydrogen-bond donors (Lipinski definition) is 4. The number of fused-ring (bicyclic) bond motifs is 1. The molecule has 1 heterocycles. The molecule has 2 aromatic carbocycles. The minimum absolute atomic E-state index is 0.257. The van der Waals surface area contributed by atoms with Crippen molar-refractivity contribution in [1.29, 1.82) is 0 Å². The van der Waals surface area contributed by atoms with Crippen LogP contribution in [0.1, 0.15) is 30.0 Å². The molecule has 0 saturated heterocycles. The van der Waals surface area contributed by atoms with Crippen LogP contribution in [0.2, 0.25) is 0 Å². The SMILES string of the molecule is Cc1nc(C(=O)NCC(=O)ON(C(C)O)C(C)O)c(O)c2ccc(Oc3ccccc3)cc12. The third-order valence-corrected chi connectivity index (χ3v) is 4.67. The van der Waals surface area contributed by atoms with E-state index in [1.165, 1.54) is 13.8 Å². The second-order valence-electron chi connectivity index (χ2n) is 7.29. The molecule has 1 aromatic heterocycles. The molecule has 0 bridgehead atoms. The van der Waals surface area contributed by atoms with Crippen molar-refractivity contribution in [3.05, 3.63) is 59.9 Å². The highest BCUT2D eigenvalue weighted by Gasteiger charge is 2.23. The standard InChI is InChI=1S/C23H25N3O7/c1-13-19-11-17(32-16-7-5-4-6-8-16)9-10-18(19)22(30)21(25-13)23(31)24-12-20(29)33-26(14(2)27)15(3)28/h4-11,14-15,27-28,30H,12H2,1-3H3,(H,24,31). The fraction of sp³-hybridized carbons (Fsp3) is 0.261. The lowest BCUT2D eigenvalue weighted by molar-refractivity contribution is -0.275. The fourth-order valence-corrected chi connectivity index (χ4v) is 3.13. The average Bonchev–Trinajstić information content (AvgIpc) is 2.78. The Bertz CT molecular complexity index is 1140. The molecule has 0 saturated carbocycles. The predicted octanol–water partition coefficient (Wildman–Crippen LogP) is 2.21. The summed E-state index contributed by atoms with van der Waals surface area (Å²) in [5, 5.41) is 33.6. The fourth-order valence-electron chi connectivity index (χ4n) is 3.13. The highest BCUT2D eigenvalue weighted by atomic mass is 16.7. The van der Waals surface area contributed by atoms with Crippen LogP contribution < -0.4 is 10.1 Å². The molecule has 1 amide bonds. The summed E-state index contributed by atoms with van der Waals surface area (Å²) < 4.78 is 5.81. The first-order valence-corrected chi connectivity index (χ1v) is 10.2. The van der Waals surface area contributed by atoms with Crippen molar-refractivity contribution in [2.45, 2.75) is 33.2 Å². The number of hydrogen-bond acceptors (Lipinski definition) is 9. The van der Waals surface area contributed by atoms with Gasteiger partial charge in [0.1, 0.15) is 30.5 Å². The molecule has 0 aliphatic rings. The van der Waals surface area contributed by atoms with Gasteiger partial charge in [-0.2, -0.15) is 0 Å². The number of aliphatic hydroxyl groups is 2. The summed E-state index contributed by atoms with van der Waals surface area (Å²) in [7, 11) is 0. The van der Waals surface area contributed by atoms with Crippen LogP contribution in [0.25, 0.3) is 10.8 Å². The monoisotopic (exact) mass is 455 g/mol. The first kappa shape index (κ1) is 23.9. The minimum atomic E-state index is -1.26. The number of aromatic nitrogens is 1. The number of para-hydroxylation sites is 1. The molecular weight excluding hydrogens is 430 g/mol. The predicted molar refractivity (Wildman–Crippen MR) is 118 cm³/mol. The van der Waals surface area contributed by atoms with Crippen molar-refractivity contribution < 1.29 is 34.5 Å². The van der Waals surface area contributed by atoms with Gasteiger partial charge in [-0.25, -0.2) is 9.78 Å². The van der Waals surface area contributed by atoms with Gasteiger partial charge in [0, 0.05) is 16.5 Å².